The quantitative estimate of drug-likeness (QED) is 0.632. The van der Waals surface area contributed by atoms with Gasteiger partial charge in [-0.15, -0.1) is 0 Å². The Hall–Kier alpha value is -2.29. The van der Waals surface area contributed by atoms with E-state index in [1.165, 1.54) is 23.5 Å². The van der Waals surface area contributed by atoms with E-state index in [1.54, 1.807) is 16.4 Å². The molecule has 0 aliphatic carbocycles. The van der Waals surface area contributed by atoms with Crippen LogP contribution in [0.2, 0.25) is 0 Å². The average molecular weight is 444 g/mol. The summed E-state index contributed by atoms with van der Waals surface area (Å²) in [5, 5.41) is 3.37. The minimum absolute atomic E-state index is 0.00215. The molecule has 0 unspecified atom stereocenters. The highest BCUT2D eigenvalue weighted by Crippen LogP contribution is 2.31. The normalized spacial score (nSPS) is 17.9. The lowest BCUT2D eigenvalue weighted by molar-refractivity contribution is 0.102. The molecule has 158 valence electrons. The van der Waals surface area contributed by atoms with Crippen molar-refractivity contribution >= 4 is 42.6 Å². The summed E-state index contributed by atoms with van der Waals surface area (Å²) in [6.07, 6.45) is 2.81. The number of nitrogens with one attached hydrogen (secondary N) is 1. The number of amides is 1. The summed E-state index contributed by atoms with van der Waals surface area (Å²) in [5.41, 5.74) is 3.48. The fraction of sp³-hybridized carbons (Fsp3) is 0.364. The second-order valence-corrected chi connectivity index (χ2v) is 10.7. The Labute approximate surface area is 181 Å². The van der Waals surface area contributed by atoms with Crippen molar-refractivity contribution in [3.63, 3.8) is 0 Å². The van der Waals surface area contributed by atoms with Gasteiger partial charge in [0.2, 0.25) is 10.0 Å². The lowest BCUT2D eigenvalue weighted by Crippen LogP contribution is -2.41. The highest BCUT2D eigenvalue weighted by atomic mass is 32.2. The lowest BCUT2D eigenvalue weighted by atomic mass is 10.1. The van der Waals surface area contributed by atoms with Gasteiger partial charge in [0.1, 0.15) is 0 Å². The summed E-state index contributed by atoms with van der Waals surface area (Å²) in [6.45, 7) is 6.51. The number of hydrogen-bond donors (Lipinski definition) is 1. The van der Waals surface area contributed by atoms with Crippen LogP contribution in [-0.2, 0) is 10.0 Å². The maximum atomic E-state index is 13.0. The van der Waals surface area contributed by atoms with E-state index >= 15 is 0 Å². The van der Waals surface area contributed by atoms with E-state index in [-0.39, 0.29) is 16.8 Å². The first-order valence-corrected chi connectivity index (χ1v) is 12.3. The molecule has 0 spiro atoms. The van der Waals surface area contributed by atoms with E-state index < -0.39 is 10.0 Å². The molecule has 1 aliphatic heterocycles. The van der Waals surface area contributed by atoms with Gasteiger partial charge in [0.25, 0.3) is 5.91 Å². The van der Waals surface area contributed by atoms with Crippen molar-refractivity contribution in [3.05, 3.63) is 53.1 Å². The van der Waals surface area contributed by atoms with Crippen LogP contribution in [0.15, 0.2) is 41.3 Å². The number of benzene rings is 2. The van der Waals surface area contributed by atoms with Crippen LogP contribution >= 0.6 is 11.3 Å². The first kappa shape index (κ1) is 21.0. The minimum Gasteiger partial charge on any atom is -0.298 e. The number of carbonyl (C=O) groups is 1. The second-order valence-electron chi connectivity index (χ2n) is 7.84. The largest absolute Gasteiger partial charge is 0.298 e. The van der Waals surface area contributed by atoms with E-state index in [1.807, 2.05) is 32.9 Å². The topological polar surface area (TPSA) is 79.4 Å². The van der Waals surface area contributed by atoms with Gasteiger partial charge in [0.05, 0.1) is 15.1 Å². The third kappa shape index (κ3) is 3.87. The Balaban J connectivity index is 1.53. The molecule has 6 nitrogen and oxygen atoms in total. The van der Waals surface area contributed by atoms with Gasteiger partial charge in [0.15, 0.2) is 5.13 Å². The SMILES string of the molecule is Cc1ccc(C)c2sc(NC(=O)c3ccc(S(=O)(=O)N4CCCC[C@H]4C)cc3)nc12. The van der Waals surface area contributed by atoms with Crippen LogP contribution in [0, 0.1) is 13.8 Å². The van der Waals surface area contributed by atoms with Crippen molar-refractivity contribution in [1.82, 2.24) is 9.29 Å². The van der Waals surface area contributed by atoms with Gasteiger partial charge in [-0.25, -0.2) is 13.4 Å². The number of fused-ring (bicyclic) bond motifs is 1. The van der Waals surface area contributed by atoms with Gasteiger partial charge in [-0.05, 0) is 69.0 Å². The first-order chi connectivity index (χ1) is 14.3. The molecular weight excluding hydrogens is 418 g/mol. The highest BCUT2D eigenvalue weighted by molar-refractivity contribution is 7.89. The summed E-state index contributed by atoms with van der Waals surface area (Å²) in [5.74, 6) is -0.306. The van der Waals surface area contributed by atoms with Crippen molar-refractivity contribution in [2.75, 3.05) is 11.9 Å². The van der Waals surface area contributed by atoms with Crippen LogP contribution in [0.5, 0.6) is 0 Å². The smallest absolute Gasteiger partial charge is 0.257 e. The van der Waals surface area contributed by atoms with Gasteiger partial charge < -0.3 is 0 Å². The molecule has 1 saturated heterocycles. The zero-order chi connectivity index (χ0) is 21.5. The Morgan fingerprint density at radius 2 is 1.80 bits per heavy atom. The Morgan fingerprint density at radius 3 is 2.47 bits per heavy atom. The van der Waals surface area contributed by atoms with Crippen molar-refractivity contribution in [3.8, 4) is 0 Å². The van der Waals surface area contributed by atoms with Gasteiger partial charge in [0, 0.05) is 18.2 Å². The molecule has 1 fully saturated rings. The van der Waals surface area contributed by atoms with Gasteiger partial charge in [-0.2, -0.15) is 4.31 Å². The van der Waals surface area contributed by atoms with Crippen LogP contribution in [0.1, 0.15) is 47.7 Å². The molecule has 1 aromatic heterocycles. The zero-order valence-corrected chi connectivity index (χ0v) is 18.9. The monoisotopic (exact) mass is 443 g/mol. The molecule has 1 amide bonds. The maximum absolute atomic E-state index is 13.0. The number of nitrogens with zero attached hydrogens (tertiary/aromatic N) is 2. The standard InChI is InChI=1S/C22H25N3O3S2/c1-14-7-8-15(2)20-19(14)23-22(29-20)24-21(26)17-9-11-18(12-10-17)30(27,28)25-13-5-4-6-16(25)3/h7-12,16H,4-6,13H2,1-3H3,(H,23,24,26)/t16-/m1/s1. The van der Waals surface area contributed by atoms with Crippen molar-refractivity contribution in [2.45, 2.75) is 51.0 Å². The molecule has 8 heteroatoms. The number of piperidine rings is 1. The first-order valence-electron chi connectivity index (χ1n) is 10.1. The van der Waals surface area contributed by atoms with Crippen LogP contribution in [0.4, 0.5) is 5.13 Å². The number of thiazole rings is 1. The molecule has 3 aromatic rings. The highest BCUT2D eigenvalue weighted by Gasteiger charge is 2.30. The summed E-state index contributed by atoms with van der Waals surface area (Å²) in [7, 11) is -3.55. The molecular formula is C22H25N3O3S2. The second kappa shape index (κ2) is 8.09. The van der Waals surface area contributed by atoms with E-state index in [9.17, 15) is 13.2 Å². The number of aryl methyl sites for hydroxylation is 2. The van der Waals surface area contributed by atoms with Crippen LogP contribution < -0.4 is 5.32 Å². The summed E-state index contributed by atoms with van der Waals surface area (Å²) >= 11 is 1.44. The van der Waals surface area contributed by atoms with Crippen molar-refractivity contribution < 1.29 is 13.2 Å². The minimum atomic E-state index is -3.55. The molecule has 30 heavy (non-hydrogen) atoms. The molecule has 0 bridgehead atoms. The molecule has 4 rings (SSSR count). The molecule has 0 saturated carbocycles. The third-order valence-corrected chi connectivity index (χ3v) is 8.76. The third-order valence-electron chi connectivity index (χ3n) is 5.63. The van der Waals surface area contributed by atoms with Crippen molar-refractivity contribution in [2.24, 2.45) is 0 Å². The van der Waals surface area contributed by atoms with E-state index in [0.717, 1.165) is 40.6 Å². The molecule has 2 aromatic carbocycles. The molecule has 0 radical (unpaired) electrons. The van der Waals surface area contributed by atoms with Crippen LogP contribution in [0.3, 0.4) is 0 Å². The summed E-state index contributed by atoms with van der Waals surface area (Å²) in [4.78, 5) is 17.4. The molecule has 2 heterocycles. The number of anilines is 1. The zero-order valence-electron chi connectivity index (χ0n) is 17.3. The predicted molar refractivity (Wildman–Crippen MR) is 121 cm³/mol. The molecule has 1 aliphatic rings. The van der Waals surface area contributed by atoms with E-state index in [4.69, 9.17) is 0 Å². The maximum Gasteiger partial charge on any atom is 0.257 e. The number of carbonyl (C=O) groups excluding carboxylic acids is 1. The Bertz CT molecular complexity index is 1160. The van der Waals surface area contributed by atoms with E-state index in [0.29, 0.717) is 17.2 Å². The number of rotatable bonds is 4. The van der Waals surface area contributed by atoms with E-state index in [2.05, 4.69) is 10.3 Å². The molecule has 1 N–H and O–H groups in total. The number of hydrogen-bond acceptors (Lipinski definition) is 5. The Kier molecular flexibility index (Phi) is 5.65. The van der Waals surface area contributed by atoms with Crippen molar-refractivity contribution in [1.29, 1.82) is 0 Å². The van der Waals surface area contributed by atoms with Crippen LogP contribution in [0.25, 0.3) is 10.2 Å². The van der Waals surface area contributed by atoms with Gasteiger partial charge in [-0.3, -0.25) is 10.1 Å². The fourth-order valence-electron chi connectivity index (χ4n) is 3.82. The predicted octanol–water partition coefficient (Wildman–Crippen LogP) is 4.73. The molecule has 1 atom stereocenters. The van der Waals surface area contributed by atoms with Crippen LogP contribution in [-0.4, -0.2) is 36.2 Å². The van der Waals surface area contributed by atoms with Gasteiger partial charge >= 0.3 is 0 Å². The summed E-state index contributed by atoms with van der Waals surface area (Å²) < 4.78 is 28.5. The number of sulfonamides is 1. The van der Waals surface area contributed by atoms with Gasteiger partial charge in [-0.1, -0.05) is 29.9 Å². The Morgan fingerprint density at radius 1 is 1.10 bits per heavy atom. The lowest BCUT2D eigenvalue weighted by Gasteiger charge is -2.32. The average Bonchev–Trinajstić information content (AvgIpc) is 3.16. The number of aromatic nitrogens is 1. The summed E-state index contributed by atoms with van der Waals surface area (Å²) in [6, 6.07) is 10.2. The fourth-order valence-corrected chi connectivity index (χ4v) is 6.53.